The second-order valence-electron chi connectivity index (χ2n) is 12.3. The Bertz CT molecular complexity index is 1380. The lowest BCUT2D eigenvalue weighted by Crippen LogP contribution is -2.62. The first-order valence-electron chi connectivity index (χ1n) is 14.9. The lowest BCUT2D eigenvalue weighted by Gasteiger charge is -2.50. The molecule has 3 fully saturated rings. The van der Waals surface area contributed by atoms with Gasteiger partial charge in [0.05, 0.1) is 5.02 Å². The standard InChI is InChI=1S/C31H41ClN4O4S/c1-18-13-26(41-4)24(30(38)34-18)15-33-29(37)23-14-25(32)28-27(19(23)2)39-31(3,40-28)20-7-9-21(10-8-20)36-16-22(17-36)35-11-5-6-12-35/h13-14,20-22H,5-12,15-17H2,1-4H3,(H,33,37)(H,34,38)/t20-,21-,31?. The van der Waals surface area contributed by atoms with Gasteiger partial charge < -0.3 is 19.8 Å². The minimum absolute atomic E-state index is 0.118. The smallest absolute Gasteiger partial charge is 0.254 e. The van der Waals surface area contributed by atoms with Crippen LogP contribution in [0.5, 0.6) is 11.5 Å². The summed E-state index contributed by atoms with van der Waals surface area (Å²) in [7, 11) is 0. The third-order valence-electron chi connectivity index (χ3n) is 9.67. The number of nitrogens with zero attached hydrogens (tertiary/aromatic N) is 2. The van der Waals surface area contributed by atoms with Crippen LogP contribution in [0.15, 0.2) is 21.8 Å². The van der Waals surface area contributed by atoms with Crippen molar-refractivity contribution in [3.8, 4) is 11.5 Å². The van der Waals surface area contributed by atoms with Gasteiger partial charge in [-0.1, -0.05) is 11.6 Å². The van der Waals surface area contributed by atoms with Gasteiger partial charge in [-0.25, -0.2) is 0 Å². The number of benzene rings is 1. The highest BCUT2D eigenvalue weighted by atomic mass is 35.5. The summed E-state index contributed by atoms with van der Waals surface area (Å²) in [5, 5.41) is 3.27. The summed E-state index contributed by atoms with van der Waals surface area (Å²) >= 11 is 8.15. The van der Waals surface area contributed by atoms with Crippen molar-refractivity contribution in [2.45, 2.75) is 88.6 Å². The van der Waals surface area contributed by atoms with Crippen LogP contribution in [0.4, 0.5) is 0 Å². The van der Waals surface area contributed by atoms with Crippen LogP contribution >= 0.6 is 23.4 Å². The number of likely N-dealkylation sites (tertiary alicyclic amines) is 2. The van der Waals surface area contributed by atoms with Crippen LogP contribution < -0.4 is 20.3 Å². The Kier molecular flexibility index (Phi) is 8.09. The maximum atomic E-state index is 13.3. The second kappa shape index (κ2) is 11.5. The van der Waals surface area contributed by atoms with E-state index in [2.05, 4.69) is 20.1 Å². The summed E-state index contributed by atoms with van der Waals surface area (Å²) in [6.45, 7) is 10.8. The lowest BCUT2D eigenvalue weighted by molar-refractivity contribution is -0.127. The quantitative estimate of drug-likeness (QED) is 0.427. The average Bonchev–Trinajstić information content (AvgIpc) is 3.58. The molecule has 222 valence electrons. The Balaban J connectivity index is 1.09. The molecule has 1 saturated carbocycles. The van der Waals surface area contributed by atoms with Crippen LogP contribution in [-0.2, 0) is 6.54 Å². The van der Waals surface area contributed by atoms with Crippen molar-refractivity contribution in [3.63, 3.8) is 0 Å². The molecule has 0 radical (unpaired) electrons. The number of fused-ring (bicyclic) bond motifs is 1. The largest absolute Gasteiger partial charge is 0.448 e. The Morgan fingerprint density at radius 3 is 2.44 bits per heavy atom. The number of carbonyl (C=O) groups is 1. The molecule has 0 bridgehead atoms. The van der Waals surface area contributed by atoms with Gasteiger partial charge in [0.25, 0.3) is 17.3 Å². The predicted octanol–water partition coefficient (Wildman–Crippen LogP) is 5.12. The molecule has 1 aromatic heterocycles. The number of nitrogens with one attached hydrogen (secondary N) is 2. The van der Waals surface area contributed by atoms with E-state index in [-0.39, 0.29) is 23.9 Å². The highest BCUT2D eigenvalue weighted by Gasteiger charge is 2.48. The number of carbonyl (C=O) groups excluding carboxylic acids is 1. The molecule has 4 heterocycles. The molecule has 1 unspecified atom stereocenters. The molecule has 4 aliphatic rings. The van der Waals surface area contributed by atoms with E-state index in [9.17, 15) is 9.59 Å². The van der Waals surface area contributed by atoms with Crippen LogP contribution in [-0.4, -0.2) is 71.0 Å². The zero-order valence-corrected chi connectivity index (χ0v) is 26.1. The van der Waals surface area contributed by atoms with Crippen molar-refractivity contribution in [2.75, 3.05) is 32.4 Å². The highest BCUT2D eigenvalue weighted by molar-refractivity contribution is 7.98. The fourth-order valence-electron chi connectivity index (χ4n) is 7.14. The summed E-state index contributed by atoms with van der Waals surface area (Å²) in [5.74, 6) is 0.181. The van der Waals surface area contributed by atoms with Crippen molar-refractivity contribution in [2.24, 2.45) is 5.92 Å². The number of thioether (sulfide) groups is 1. The first-order chi connectivity index (χ1) is 19.7. The normalized spacial score (nSPS) is 26.8. The van der Waals surface area contributed by atoms with E-state index in [0.29, 0.717) is 39.3 Å². The summed E-state index contributed by atoms with van der Waals surface area (Å²) in [6.07, 6.45) is 8.98. The third kappa shape index (κ3) is 5.51. The first kappa shape index (κ1) is 28.9. The van der Waals surface area contributed by atoms with Gasteiger partial charge >= 0.3 is 0 Å². The van der Waals surface area contributed by atoms with E-state index in [0.717, 1.165) is 42.3 Å². The number of ether oxygens (including phenoxy) is 2. The summed E-state index contributed by atoms with van der Waals surface area (Å²) in [5.41, 5.74) is 2.24. The first-order valence-corrected chi connectivity index (χ1v) is 16.5. The van der Waals surface area contributed by atoms with Gasteiger partial charge in [0, 0.05) is 71.8 Å². The molecule has 1 amide bonds. The SMILES string of the molecule is CSc1cc(C)[nH]c(=O)c1CNC(=O)c1cc(Cl)c2c(c1C)OC(C)([C@H]1CC[C@H](N3CC(N4CCCC4)C3)CC1)O2. The van der Waals surface area contributed by atoms with Gasteiger partial charge in [-0.2, -0.15) is 0 Å². The number of halogens is 1. The van der Waals surface area contributed by atoms with Gasteiger partial charge in [-0.3, -0.25) is 19.4 Å². The predicted molar refractivity (Wildman–Crippen MR) is 163 cm³/mol. The van der Waals surface area contributed by atoms with Crippen molar-refractivity contribution < 1.29 is 14.3 Å². The van der Waals surface area contributed by atoms with Crippen LogP contribution in [0.25, 0.3) is 0 Å². The molecule has 3 aliphatic heterocycles. The molecular formula is C31H41ClN4O4S. The Morgan fingerprint density at radius 2 is 1.76 bits per heavy atom. The maximum absolute atomic E-state index is 13.3. The van der Waals surface area contributed by atoms with Gasteiger partial charge in [0.2, 0.25) is 0 Å². The minimum atomic E-state index is -0.813. The molecule has 10 heteroatoms. The minimum Gasteiger partial charge on any atom is -0.448 e. The fraction of sp³-hybridized carbons (Fsp3) is 0.613. The van der Waals surface area contributed by atoms with Gasteiger partial charge in [0.1, 0.15) is 0 Å². The Labute approximate surface area is 251 Å². The summed E-state index contributed by atoms with van der Waals surface area (Å²) in [4.78, 5) is 34.8. The van der Waals surface area contributed by atoms with Crippen LogP contribution in [0.2, 0.25) is 5.02 Å². The fourth-order valence-corrected chi connectivity index (χ4v) is 8.08. The number of amides is 1. The van der Waals surface area contributed by atoms with Crippen LogP contribution in [0.1, 0.15) is 72.6 Å². The maximum Gasteiger partial charge on any atom is 0.254 e. The average molecular weight is 601 g/mol. The molecule has 1 atom stereocenters. The molecule has 6 rings (SSSR count). The van der Waals surface area contributed by atoms with E-state index >= 15 is 0 Å². The molecule has 2 aromatic rings. The van der Waals surface area contributed by atoms with E-state index in [1.54, 1.807) is 6.07 Å². The molecule has 1 aromatic carbocycles. The van der Waals surface area contributed by atoms with Crippen molar-refractivity contribution in [1.82, 2.24) is 20.1 Å². The van der Waals surface area contributed by atoms with E-state index < -0.39 is 5.79 Å². The topological polar surface area (TPSA) is 86.9 Å². The van der Waals surface area contributed by atoms with E-state index in [4.69, 9.17) is 21.1 Å². The second-order valence-corrected chi connectivity index (χ2v) is 13.5. The molecular weight excluding hydrogens is 560 g/mol. The lowest BCUT2D eigenvalue weighted by atomic mass is 9.80. The zero-order valence-electron chi connectivity index (χ0n) is 24.5. The number of hydrogen-bond acceptors (Lipinski definition) is 7. The number of hydrogen-bond donors (Lipinski definition) is 2. The number of pyridine rings is 1. The number of aryl methyl sites for hydroxylation is 1. The molecule has 2 N–H and O–H groups in total. The van der Waals surface area contributed by atoms with E-state index in [1.165, 1.54) is 50.8 Å². The van der Waals surface area contributed by atoms with E-state index in [1.807, 2.05) is 33.1 Å². The molecule has 8 nitrogen and oxygen atoms in total. The third-order valence-corrected chi connectivity index (χ3v) is 10.8. The van der Waals surface area contributed by atoms with Gasteiger partial charge in [-0.15, -0.1) is 11.8 Å². The van der Waals surface area contributed by atoms with Crippen LogP contribution in [0.3, 0.4) is 0 Å². The Hall–Kier alpha value is -2.20. The number of H-pyrrole nitrogens is 1. The molecule has 1 aliphatic carbocycles. The molecule has 2 saturated heterocycles. The summed E-state index contributed by atoms with van der Waals surface area (Å²) < 4.78 is 13.0. The Morgan fingerprint density at radius 1 is 1.07 bits per heavy atom. The summed E-state index contributed by atoms with van der Waals surface area (Å²) in [6, 6.07) is 4.96. The van der Waals surface area contributed by atoms with Crippen molar-refractivity contribution >= 4 is 29.3 Å². The van der Waals surface area contributed by atoms with Crippen LogP contribution in [0, 0.1) is 19.8 Å². The highest BCUT2D eigenvalue weighted by Crippen LogP contribution is 2.52. The van der Waals surface area contributed by atoms with Gasteiger partial charge in [-0.05, 0) is 83.9 Å². The van der Waals surface area contributed by atoms with Crippen molar-refractivity contribution in [1.29, 1.82) is 0 Å². The molecule has 0 spiro atoms. The monoisotopic (exact) mass is 600 g/mol. The van der Waals surface area contributed by atoms with Gasteiger partial charge in [0.15, 0.2) is 11.5 Å². The molecule has 41 heavy (non-hydrogen) atoms. The number of rotatable bonds is 7. The number of aromatic nitrogens is 1. The zero-order chi connectivity index (χ0) is 28.9. The van der Waals surface area contributed by atoms with Crippen molar-refractivity contribution in [3.05, 3.63) is 49.9 Å². The number of aromatic amines is 1.